The Morgan fingerprint density at radius 2 is 2.07 bits per heavy atom. The van der Waals surface area contributed by atoms with Gasteiger partial charge in [-0.25, -0.2) is 14.8 Å². The van der Waals surface area contributed by atoms with Gasteiger partial charge in [0.25, 0.3) is 0 Å². The second-order valence-electron chi connectivity index (χ2n) is 5.62. The van der Waals surface area contributed by atoms with Gasteiger partial charge in [0.2, 0.25) is 11.8 Å². The average molecular weight is 418 g/mol. The number of amides is 2. The molecule has 29 heavy (non-hydrogen) atoms. The maximum Gasteiger partial charge on any atom is 0.324 e. The highest BCUT2D eigenvalue weighted by molar-refractivity contribution is 6.34. The summed E-state index contributed by atoms with van der Waals surface area (Å²) in [4.78, 5) is 19.9. The first-order valence-electron chi connectivity index (χ1n) is 8.09. The number of aryl methyl sites for hydroxylation is 1. The van der Waals surface area contributed by atoms with Crippen LogP contribution >= 0.6 is 11.6 Å². The van der Waals surface area contributed by atoms with Gasteiger partial charge in [0.15, 0.2) is 5.82 Å². The fraction of sp³-hybridized carbons (Fsp3) is 0.118. The first-order valence-corrected chi connectivity index (χ1v) is 8.47. The summed E-state index contributed by atoms with van der Waals surface area (Å²) in [5.41, 5.74) is 6.22. The molecular formula is C17H16ClN7O4. The lowest BCUT2D eigenvalue weighted by Gasteiger charge is -2.13. The van der Waals surface area contributed by atoms with Crippen LogP contribution in [0.15, 0.2) is 35.1 Å². The Morgan fingerprint density at radius 3 is 2.72 bits per heavy atom. The summed E-state index contributed by atoms with van der Waals surface area (Å²) in [5.74, 6) is 0.946. The molecule has 2 aromatic heterocycles. The van der Waals surface area contributed by atoms with Crippen LogP contribution in [0.4, 0.5) is 22.1 Å². The Hall–Kier alpha value is -3.86. The number of rotatable bonds is 5. The van der Waals surface area contributed by atoms with Crippen molar-refractivity contribution in [1.29, 1.82) is 5.41 Å². The Kier molecular flexibility index (Phi) is 5.79. The molecule has 12 heteroatoms. The maximum atomic E-state index is 12.0. The zero-order valence-corrected chi connectivity index (χ0v) is 16.1. The predicted molar refractivity (Wildman–Crippen MR) is 106 cm³/mol. The Labute approximate surface area is 169 Å². The minimum atomic E-state index is -0.548. The van der Waals surface area contributed by atoms with E-state index in [4.69, 9.17) is 36.7 Å². The number of hydrogen-bond acceptors (Lipinski definition) is 9. The fourth-order valence-corrected chi connectivity index (χ4v) is 2.46. The van der Waals surface area contributed by atoms with E-state index in [1.807, 2.05) is 0 Å². The Balaban J connectivity index is 1.74. The summed E-state index contributed by atoms with van der Waals surface area (Å²) >= 11 is 6.23. The SMILES string of the molecule is COC(=N)c1c(N)ncnc1Oc1ccc(NC(=O)Nc2cc(C)on2)c(Cl)c1. The number of carbonyl (C=O) groups excluding carboxylic acids is 1. The van der Waals surface area contributed by atoms with E-state index in [0.717, 1.165) is 0 Å². The van der Waals surface area contributed by atoms with Crippen molar-refractivity contribution < 1.29 is 18.8 Å². The normalized spacial score (nSPS) is 10.3. The number of urea groups is 1. The number of hydrogen-bond donors (Lipinski definition) is 4. The van der Waals surface area contributed by atoms with E-state index in [1.165, 1.54) is 25.6 Å². The van der Waals surface area contributed by atoms with Gasteiger partial charge in [-0.2, -0.15) is 0 Å². The van der Waals surface area contributed by atoms with E-state index in [9.17, 15) is 4.79 Å². The van der Waals surface area contributed by atoms with Crippen molar-refractivity contribution in [2.45, 2.75) is 6.92 Å². The van der Waals surface area contributed by atoms with Crippen LogP contribution in [0.25, 0.3) is 0 Å². The monoisotopic (exact) mass is 417 g/mol. The van der Waals surface area contributed by atoms with Crippen LogP contribution in [0.3, 0.4) is 0 Å². The second kappa shape index (κ2) is 8.44. The van der Waals surface area contributed by atoms with Crippen molar-refractivity contribution in [3.8, 4) is 11.6 Å². The molecule has 0 saturated carbocycles. The minimum absolute atomic E-state index is 0.0280. The van der Waals surface area contributed by atoms with Gasteiger partial charge >= 0.3 is 6.03 Å². The third kappa shape index (κ3) is 4.71. The van der Waals surface area contributed by atoms with Gasteiger partial charge in [-0.15, -0.1) is 0 Å². The minimum Gasteiger partial charge on any atom is -0.481 e. The molecule has 5 N–H and O–H groups in total. The van der Waals surface area contributed by atoms with Gasteiger partial charge < -0.3 is 25.0 Å². The van der Waals surface area contributed by atoms with Crippen LogP contribution in [0.1, 0.15) is 11.3 Å². The van der Waals surface area contributed by atoms with Crippen LogP contribution in [-0.2, 0) is 4.74 Å². The maximum absolute atomic E-state index is 12.0. The molecule has 2 amide bonds. The average Bonchev–Trinajstić information content (AvgIpc) is 3.08. The number of nitrogens with two attached hydrogens (primary N) is 1. The third-order valence-corrected chi connectivity index (χ3v) is 3.86. The predicted octanol–water partition coefficient (Wildman–Crippen LogP) is 3.42. The van der Waals surface area contributed by atoms with Crippen LogP contribution in [0.5, 0.6) is 11.6 Å². The van der Waals surface area contributed by atoms with Gasteiger partial charge in [0, 0.05) is 12.1 Å². The number of carbonyl (C=O) groups is 1. The lowest BCUT2D eigenvalue weighted by molar-refractivity contribution is 0.262. The van der Waals surface area contributed by atoms with E-state index < -0.39 is 6.03 Å². The van der Waals surface area contributed by atoms with Crippen LogP contribution < -0.4 is 21.1 Å². The van der Waals surface area contributed by atoms with Gasteiger partial charge in [-0.1, -0.05) is 16.8 Å². The number of nitrogens with zero attached hydrogens (tertiary/aromatic N) is 3. The molecule has 0 aliphatic rings. The molecule has 0 aliphatic carbocycles. The highest BCUT2D eigenvalue weighted by Gasteiger charge is 2.18. The van der Waals surface area contributed by atoms with Crippen LogP contribution in [-0.4, -0.2) is 34.2 Å². The van der Waals surface area contributed by atoms with E-state index in [1.54, 1.807) is 19.1 Å². The van der Waals surface area contributed by atoms with Crippen molar-refractivity contribution in [2.75, 3.05) is 23.5 Å². The summed E-state index contributed by atoms with van der Waals surface area (Å²) < 4.78 is 15.4. The van der Waals surface area contributed by atoms with Crippen LogP contribution in [0, 0.1) is 12.3 Å². The number of nitrogens with one attached hydrogen (secondary N) is 3. The van der Waals surface area contributed by atoms with Crippen molar-refractivity contribution >= 4 is 40.9 Å². The highest BCUT2D eigenvalue weighted by Crippen LogP contribution is 2.31. The molecule has 3 aromatic rings. The van der Waals surface area contributed by atoms with E-state index >= 15 is 0 Å². The van der Waals surface area contributed by atoms with Gasteiger partial charge in [-0.3, -0.25) is 10.7 Å². The number of anilines is 3. The first kappa shape index (κ1) is 19.9. The molecule has 0 spiro atoms. The Morgan fingerprint density at radius 1 is 1.28 bits per heavy atom. The lowest BCUT2D eigenvalue weighted by Crippen LogP contribution is -2.19. The topological polar surface area (TPSA) is 161 Å². The second-order valence-corrected chi connectivity index (χ2v) is 6.03. The zero-order chi connectivity index (χ0) is 21.0. The molecule has 1 aromatic carbocycles. The molecule has 0 bridgehead atoms. The third-order valence-electron chi connectivity index (χ3n) is 3.55. The molecule has 3 rings (SSSR count). The molecule has 2 heterocycles. The molecule has 0 saturated heterocycles. The molecular weight excluding hydrogens is 402 g/mol. The molecule has 0 aliphatic heterocycles. The Bertz CT molecular complexity index is 1070. The molecule has 0 atom stereocenters. The van der Waals surface area contributed by atoms with Crippen LogP contribution in [0.2, 0.25) is 5.02 Å². The number of aromatic nitrogens is 3. The number of benzene rings is 1. The quantitative estimate of drug-likeness (QED) is 0.362. The smallest absolute Gasteiger partial charge is 0.324 e. The number of halogens is 1. The van der Waals surface area contributed by atoms with Crippen molar-refractivity contribution in [3.05, 3.63) is 46.9 Å². The summed E-state index contributed by atoms with van der Waals surface area (Å²) in [6.45, 7) is 1.70. The van der Waals surface area contributed by atoms with Gasteiger partial charge in [0.1, 0.15) is 29.2 Å². The number of nitrogen functional groups attached to an aromatic ring is 1. The number of ether oxygens (including phenoxy) is 2. The van der Waals surface area contributed by atoms with E-state index in [0.29, 0.717) is 17.2 Å². The van der Waals surface area contributed by atoms with Crippen molar-refractivity contribution in [1.82, 2.24) is 15.1 Å². The highest BCUT2D eigenvalue weighted by atomic mass is 35.5. The molecule has 150 valence electrons. The number of methoxy groups -OCH3 is 1. The standard InChI is InChI=1S/C17H16ClN7O4/c1-8-5-12(25-29-8)24-17(26)23-11-4-3-9(6-10(11)18)28-16-13(15(20)27-2)14(19)21-7-22-16/h3-7,20H,1-2H3,(H2,19,21,22)(H2,23,24,25,26). The lowest BCUT2D eigenvalue weighted by atomic mass is 10.2. The summed E-state index contributed by atoms with van der Waals surface area (Å²) in [7, 11) is 1.32. The fourth-order valence-electron chi connectivity index (χ4n) is 2.24. The molecule has 0 fully saturated rings. The molecule has 0 radical (unpaired) electrons. The first-order chi connectivity index (χ1) is 13.9. The van der Waals surface area contributed by atoms with E-state index in [2.05, 4.69) is 25.8 Å². The van der Waals surface area contributed by atoms with Gasteiger partial charge in [0.05, 0.1) is 17.8 Å². The summed E-state index contributed by atoms with van der Waals surface area (Å²) in [5, 5.41) is 16.8. The largest absolute Gasteiger partial charge is 0.481 e. The van der Waals surface area contributed by atoms with Crippen molar-refractivity contribution in [3.63, 3.8) is 0 Å². The van der Waals surface area contributed by atoms with E-state index in [-0.39, 0.29) is 34.0 Å². The summed E-state index contributed by atoms with van der Waals surface area (Å²) in [6, 6.07) is 5.59. The molecule has 11 nitrogen and oxygen atoms in total. The summed E-state index contributed by atoms with van der Waals surface area (Å²) in [6.07, 6.45) is 1.20. The van der Waals surface area contributed by atoms with Gasteiger partial charge in [-0.05, 0) is 19.1 Å². The zero-order valence-electron chi connectivity index (χ0n) is 15.3. The van der Waals surface area contributed by atoms with Crippen molar-refractivity contribution in [2.24, 2.45) is 0 Å². The molecule has 0 unspecified atom stereocenters.